The van der Waals surface area contributed by atoms with Crippen molar-refractivity contribution < 1.29 is 0 Å². The van der Waals surface area contributed by atoms with Gasteiger partial charge in [0.15, 0.2) is 0 Å². The topological polar surface area (TPSA) is 35.8 Å². The van der Waals surface area contributed by atoms with Crippen molar-refractivity contribution in [3.05, 3.63) is 35.4 Å². The van der Waals surface area contributed by atoms with Crippen LogP contribution in [0, 0.1) is 18.3 Å². The molecule has 0 aliphatic heterocycles. The van der Waals surface area contributed by atoms with E-state index in [4.69, 9.17) is 5.26 Å². The first-order chi connectivity index (χ1) is 6.77. The normalized spacial score (nSPS) is 12.1. The summed E-state index contributed by atoms with van der Waals surface area (Å²) in [5.41, 5.74) is 2.25. The van der Waals surface area contributed by atoms with Gasteiger partial charge in [-0.1, -0.05) is 36.8 Å². The average molecular weight is 188 g/mol. The highest BCUT2D eigenvalue weighted by Gasteiger charge is 2.07. The molecule has 0 spiro atoms. The van der Waals surface area contributed by atoms with Crippen LogP contribution in [0.1, 0.15) is 30.5 Å². The van der Waals surface area contributed by atoms with E-state index in [-0.39, 0.29) is 6.04 Å². The molecule has 0 amide bonds. The number of hydrogen-bond acceptors (Lipinski definition) is 2. The van der Waals surface area contributed by atoms with Crippen molar-refractivity contribution in [2.75, 3.05) is 6.54 Å². The van der Waals surface area contributed by atoms with Gasteiger partial charge in [0.05, 0.1) is 6.07 Å². The average Bonchev–Trinajstić information content (AvgIpc) is 2.19. The van der Waals surface area contributed by atoms with Crippen molar-refractivity contribution in [1.29, 1.82) is 5.26 Å². The van der Waals surface area contributed by atoms with E-state index in [1.807, 2.05) is 25.1 Å². The maximum Gasteiger partial charge on any atom is 0.121 e. The second kappa shape index (κ2) is 5.41. The molecule has 1 aromatic carbocycles. The number of hydrogen-bond donors (Lipinski definition) is 1. The minimum absolute atomic E-state index is 0.171. The van der Waals surface area contributed by atoms with Gasteiger partial charge in [0, 0.05) is 0 Å². The maximum atomic E-state index is 8.98. The molecule has 0 fully saturated rings. The van der Waals surface area contributed by atoms with Crippen LogP contribution in [0.4, 0.5) is 0 Å². The molecule has 0 aliphatic rings. The maximum absolute atomic E-state index is 8.98. The first-order valence-corrected chi connectivity index (χ1v) is 4.97. The molecular formula is C12H16N2. The summed E-state index contributed by atoms with van der Waals surface area (Å²) in [6.07, 6.45) is 1.05. The highest BCUT2D eigenvalue weighted by atomic mass is 14.9. The minimum atomic E-state index is -0.171. The van der Waals surface area contributed by atoms with Crippen LogP contribution in [0.3, 0.4) is 0 Å². The first kappa shape index (κ1) is 10.7. The molecule has 0 aromatic heterocycles. The molecule has 1 unspecified atom stereocenters. The third-order valence-corrected chi connectivity index (χ3v) is 2.10. The van der Waals surface area contributed by atoms with Gasteiger partial charge in [-0.2, -0.15) is 5.26 Å². The van der Waals surface area contributed by atoms with Gasteiger partial charge in [-0.3, -0.25) is 5.32 Å². The molecule has 14 heavy (non-hydrogen) atoms. The Labute approximate surface area is 85.6 Å². The van der Waals surface area contributed by atoms with E-state index >= 15 is 0 Å². The van der Waals surface area contributed by atoms with Gasteiger partial charge in [0.2, 0.25) is 0 Å². The molecule has 0 bridgehead atoms. The predicted octanol–water partition coefficient (Wildman–Crippen LogP) is 2.56. The van der Waals surface area contributed by atoms with E-state index < -0.39 is 0 Å². The van der Waals surface area contributed by atoms with Crippen molar-refractivity contribution >= 4 is 0 Å². The Kier molecular flexibility index (Phi) is 4.15. The highest BCUT2D eigenvalue weighted by Crippen LogP contribution is 2.13. The SMILES string of the molecule is CCCNC(C#N)c1cccc(C)c1. The second-order valence-electron chi connectivity index (χ2n) is 3.43. The molecule has 1 aromatic rings. The fourth-order valence-electron chi connectivity index (χ4n) is 1.38. The first-order valence-electron chi connectivity index (χ1n) is 4.97. The lowest BCUT2D eigenvalue weighted by molar-refractivity contribution is 0.621. The monoisotopic (exact) mass is 188 g/mol. The molecule has 1 N–H and O–H groups in total. The summed E-state index contributed by atoms with van der Waals surface area (Å²) in [7, 11) is 0. The fourth-order valence-corrected chi connectivity index (χ4v) is 1.38. The summed E-state index contributed by atoms with van der Waals surface area (Å²) >= 11 is 0. The Balaban J connectivity index is 2.75. The molecular weight excluding hydrogens is 172 g/mol. The smallest absolute Gasteiger partial charge is 0.121 e. The van der Waals surface area contributed by atoms with Crippen LogP contribution in [0.2, 0.25) is 0 Å². The van der Waals surface area contributed by atoms with E-state index in [1.165, 1.54) is 5.56 Å². The Bertz CT molecular complexity index is 325. The molecule has 0 aliphatic carbocycles. The molecule has 1 atom stereocenters. The Morgan fingerprint density at radius 1 is 1.50 bits per heavy atom. The van der Waals surface area contributed by atoms with E-state index in [2.05, 4.69) is 24.4 Å². The lowest BCUT2D eigenvalue weighted by Gasteiger charge is -2.11. The van der Waals surface area contributed by atoms with Gasteiger partial charge in [0.1, 0.15) is 6.04 Å². The molecule has 0 radical (unpaired) electrons. The van der Waals surface area contributed by atoms with Crippen molar-refractivity contribution in [3.63, 3.8) is 0 Å². The summed E-state index contributed by atoms with van der Waals surface area (Å²) in [5.74, 6) is 0. The van der Waals surface area contributed by atoms with E-state index in [0.717, 1.165) is 18.5 Å². The van der Waals surface area contributed by atoms with Gasteiger partial charge in [-0.15, -0.1) is 0 Å². The van der Waals surface area contributed by atoms with Crippen LogP contribution in [0.5, 0.6) is 0 Å². The number of rotatable bonds is 4. The summed E-state index contributed by atoms with van der Waals surface area (Å²) < 4.78 is 0. The quantitative estimate of drug-likeness (QED) is 0.788. The van der Waals surface area contributed by atoms with Crippen LogP contribution >= 0.6 is 0 Å². The van der Waals surface area contributed by atoms with E-state index in [9.17, 15) is 0 Å². The molecule has 0 saturated heterocycles. The largest absolute Gasteiger partial charge is 0.298 e. The molecule has 0 heterocycles. The van der Waals surface area contributed by atoms with Gasteiger partial charge in [-0.25, -0.2) is 0 Å². The molecule has 2 heteroatoms. The van der Waals surface area contributed by atoms with E-state index in [1.54, 1.807) is 0 Å². The number of nitriles is 1. The molecule has 0 saturated carbocycles. The van der Waals surface area contributed by atoms with E-state index in [0.29, 0.717) is 0 Å². The van der Waals surface area contributed by atoms with Crippen molar-refractivity contribution in [3.8, 4) is 6.07 Å². The van der Waals surface area contributed by atoms with Crippen molar-refractivity contribution in [2.24, 2.45) is 0 Å². The Morgan fingerprint density at radius 3 is 2.86 bits per heavy atom. The molecule has 2 nitrogen and oxygen atoms in total. The highest BCUT2D eigenvalue weighted by molar-refractivity contribution is 5.28. The Morgan fingerprint density at radius 2 is 2.29 bits per heavy atom. The number of aryl methyl sites for hydroxylation is 1. The van der Waals surface area contributed by atoms with Crippen LogP contribution in [0.25, 0.3) is 0 Å². The van der Waals surface area contributed by atoms with Gasteiger partial charge >= 0.3 is 0 Å². The second-order valence-corrected chi connectivity index (χ2v) is 3.43. The summed E-state index contributed by atoms with van der Waals surface area (Å²) in [4.78, 5) is 0. The van der Waals surface area contributed by atoms with Gasteiger partial charge in [-0.05, 0) is 25.5 Å². The number of nitrogens with one attached hydrogen (secondary N) is 1. The third-order valence-electron chi connectivity index (χ3n) is 2.10. The summed E-state index contributed by atoms with van der Waals surface area (Å²) in [6.45, 7) is 5.02. The van der Waals surface area contributed by atoms with Gasteiger partial charge < -0.3 is 0 Å². The third kappa shape index (κ3) is 2.86. The summed E-state index contributed by atoms with van der Waals surface area (Å²) in [5, 5.41) is 12.2. The van der Waals surface area contributed by atoms with Crippen molar-refractivity contribution in [2.45, 2.75) is 26.3 Å². The minimum Gasteiger partial charge on any atom is -0.298 e. The van der Waals surface area contributed by atoms with Crippen LogP contribution in [0.15, 0.2) is 24.3 Å². The predicted molar refractivity (Wildman–Crippen MR) is 57.8 cm³/mol. The molecule has 74 valence electrons. The number of benzene rings is 1. The van der Waals surface area contributed by atoms with Crippen LogP contribution in [-0.4, -0.2) is 6.54 Å². The van der Waals surface area contributed by atoms with Gasteiger partial charge in [0.25, 0.3) is 0 Å². The van der Waals surface area contributed by atoms with Crippen molar-refractivity contribution in [1.82, 2.24) is 5.32 Å². The zero-order valence-electron chi connectivity index (χ0n) is 8.75. The van der Waals surface area contributed by atoms with Crippen LogP contribution < -0.4 is 5.32 Å². The zero-order chi connectivity index (χ0) is 10.4. The lowest BCUT2D eigenvalue weighted by Crippen LogP contribution is -2.20. The lowest BCUT2D eigenvalue weighted by atomic mass is 10.1. The Hall–Kier alpha value is -1.33. The molecule has 1 rings (SSSR count). The fraction of sp³-hybridized carbons (Fsp3) is 0.417. The zero-order valence-corrected chi connectivity index (χ0v) is 8.75. The standard InChI is InChI=1S/C12H16N2/c1-3-7-14-12(9-13)11-6-4-5-10(2)8-11/h4-6,8,12,14H,3,7H2,1-2H3. The number of nitrogens with zero attached hydrogens (tertiary/aromatic N) is 1. The van der Waals surface area contributed by atoms with Crippen LogP contribution in [-0.2, 0) is 0 Å². The summed E-state index contributed by atoms with van der Waals surface area (Å²) in [6, 6.07) is 10.2.